The van der Waals surface area contributed by atoms with E-state index in [1.54, 1.807) is 7.11 Å². The number of carbonyl (C=O) groups is 1. The van der Waals surface area contributed by atoms with Crippen LogP contribution >= 0.6 is 45.2 Å². The van der Waals surface area contributed by atoms with Crippen LogP contribution in [0, 0.1) is 7.14 Å². The summed E-state index contributed by atoms with van der Waals surface area (Å²) in [6.07, 6.45) is 1.85. The van der Waals surface area contributed by atoms with Crippen LogP contribution < -0.4 is 9.75 Å². The quantitative estimate of drug-likeness (QED) is 0.415. The van der Waals surface area contributed by atoms with Crippen molar-refractivity contribution in [3.05, 3.63) is 60.7 Å². The molecule has 0 unspecified atom stereocenters. The summed E-state index contributed by atoms with van der Waals surface area (Å²) in [6, 6.07) is 13.5. The van der Waals surface area contributed by atoms with Crippen LogP contribution in [0.4, 0.5) is 5.69 Å². The first kappa shape index (κ1) is 17.4. The van der Waals surface area contributed by atoms with Crippen molar-refractivity contribution in [3.63, 3.8) is 0 Å². The summed E-state index contributed by atoms with van der Waals surface area (Å²) in [4.78, 5) is 12.8. The minimum Gasteiger partial charge on any atom is -0.495 e. The van der Waals surface area contributed by atoms with Crippen molar-refractivity contribution in [1.29, 1.82) is 0 Å². The predicted octanol–water partition coefficient (Wildman–Crippen LogP) is 4.71. The second-order valence-corrected chi connectivity index (χ2v) is 7.61. The number of halogens is 2. The molecule has 2 aromatic carbocycles. The van der Waals surface area contributed by atoms with Crippen molar-refractivity contribution >= 4 is 68.6 Å². The van der Waals surface area contributed by atoms with Gasteiger partial charge in [-0.15, -0.1) is 0 Å². The van der Waals surface area contributed by atoms with Crippen molar-refractivity contribution in [3.8, 4) is 5.75 Å². The summed E-state index contributed by atoms with van der Waals surface area (Å²) in [6.45, 7) is 1.85. The molecule has 0 radical (unpaired) electrons. The fourth-order valence-electron chi connectivity index (χ4n) is 2.49. The lowest BCUT2D eigenvalue weighted by Gasteiger charge is -2.12. The number of rotatable bonds is 3. The smallest absolute Gasteiger partial charge is 0.280 e. The largest absolute Gasteiger partial charge is 0.495 e. The molecule has 1 aliphatic rings. The Morgan fingerprint density at radius 1 is 1.17 bits per heavy atom. The molecule has 1 heterocycles. The van der Waals surface area contributed by atoms with Crippen molar-refractivity contribution in [1.82, 2.24) is 0 Å². The predicted molar refractivity (Wildman–Crippen MR) is 113 cm³/mol. The van der Waals surface area contributed by atoms with E-state index < -0.39 is 0 Å². The zero-order valence-electron chi connectivity index (χ0n) is 13.1. The van der Waals surface area contributed by atoms with Crippen molar-refractivity contribution < 1.29 is 9.53 Å². The molecular formula is C18H14I2N2O2. The van der Waals surface area contributed by atoms with Crippen LogP contribution in [0.3, 0.4) is 0 Å². The average Bonchev–Trinajstić information content (AvgIpc) is 2.83. The Labute approximate surface area is 167 Å². The molecule has 24 heavy (non-hydrogen) atoms. The maximum absolute atomic E-state index is 12.8. The molecule has 0 bridgehead atoms. The first-order valence-electron chi connectivity index (χ1n) is 7.21. The van der Waals surface area contributed by atoms with E-state index in [1.807, 2.05) is 55.5 Å². The highest BCUT2D eigenvalue weighted by atomic mass is 127. The Morgan fingerprint density at radius 2 is 1.88 bits per heavy atom. The van der Waals surface area contributed by atoms with Crippen LogP contribution in [0.25, 0.3) is 6.08 Å². The highest BCUT2D eigenvalue weighted by Gasteiger charge is 2.29. The van der Waals surface area contributed by atoms with Crippen LogP contribution in [-0.2, 0) is 4.79 Å². The minimum atomic E-state index is -0.130. The van der Waals surface area contributed by atoms with Gasteiger partial charge in [0, 0.05) is 9.13 Å². The Balaban J connectivity index is 2.04. The van der Waals surface area contributed by atoms with Crippen LogP contribution in [0.15, 0.2) is 53.1 Å². The number of benzene rings is 2. The average molecular weight is 544 g/mol. The van der Waals surface area contributed by atoms with Gasteiger partial charge in [-0.3, -0.25) is 4.79 Å². The van der Waals surface area contributed by atoms with E-state index in [4.69, 9.17) is 4.74 Å². The van der Waals surface area contributed by atoms with Crippen molar-refractivity contribution in [2.24, 2.45) is 5.10 Å². The maximum Gasteiger partial charge on any atom is 0.280 e. The Morgan fingerprint density at radius 3 is 2.54 bits per heavy atom. The maximum atomic E-state index is 12.8. The highest BCUT2D eigenvalue weighted by molar-refractivity contribution is 14.1. The molecule has 0 fully saturated rings. The Bertz CT molecular complexity index is 861. The topological polar surface area (TPSA) is 41.9 Å². The third-order valence-corrected chi connectivity index (χ3v) is 5.03. The van der Waals surface area contributed by atoms with Crippen molar-refractivity contribution in [2.75, 3.05) is 12.1 Å². The second-order valence-electron chi connectivity index (χ2n) is 5.21. The Kier molecular flexibility index (Phi) is 5.24. The van der Waals surface area contributed by atoms with Crippen LogP contribution in [0.5, 0.6) is 5.75 Å². The zero-order valence-corrected chi connectivity index (χ0v) is 17.4. The summed E-state index contributed by atoms with van der Waals surface area (Å²) >= 11 is 4.50. The molecule has 0 saturated carbocycles. The van der Waals surface area contributed by atoms with Gasteiger partial charge in [-0.25, -0.2) is 0 Å². The van der Waals surface area contributed by atoms with E-state index in [2.05, 4.69) is 50.3 Å². The van der Waals surface area contributed by atoms with Gasteiger partial charge in [0.25, 0.3) is 5.91 Å². The molecule has 122 valence electrons. The van der Waals surface area contributed by atoms with Gasteiger partial charge in [-0.1, -0.05) is 18.2 Å². The molecule has 4 nitrogen and oxygen atoms in total. The molecule has 0 atom stereocenters. The van der Waals surface area contributed by atoms with E-state index >= 15 is 0 Å². The van der Waals surface area contributed by atoms with Gasteiger partial charge in [0.2, 0.25) is 0 Å². The molecule has 0 N–H and O–H groups in total. The molecule has 6 heteroatoms. The van der Waals surface area contributed by atoms with Gasteiger partial charge in [-0.05, 0) is 82.4 Å². The zero-order chi connectivity index (χ0) is 17.3. The second kappa shape index (κ2) is 7.22. The van der Waals surface area contributed by atoms with E-state index in [-0.39, 0.29) is 5.91 Å². The molecule has 0 saturated heterocycles. The fourth-order valence-corrected chi connectivity index (χ4v) is 4.60. The number of anilines is 1. The summed E-state index contributed by atoms with van der Waals surface area (Å²) < 4.78 is 7.60. The van der Waals surface area contributed by atoms with Crippen molar-refractivity contribution in [2.45, 2.75) is 6.92 Å². The monoisotopic (exact) mass is 544 g/mol. The molecule has 2 aromatic rings. The van der Waals surface area contributed by atoms with Gasteiger partial charge < -0.3 is 4.74 Å². The van der Waals surface area contributed by atoms with Crippen LogP contribution in [0.1, 0.15) is 12.5 Å². The first-order chi connectivity index (χ1) is 11.5. The first-order valence-corrected chi connectivity index (χ1v) is 9.37. The number of hydrazone groups is 1. The van der Waals surface area contributed by atoms with Crippen LogP contribution in [-0.4, -0.2) is 18.7 Å². The highest BCUT2D eigenvalue weighted by Crippen LogP contribution is 2.32. The number of nitrogens with zero attached hydrogens (tertiary/aromatic N) is 2. The number of methoxy groups -OCH3 is 1. The number of carbonyl (C=O) groups excluding carboxylic acids is 1. The minimum absolute atomic E-state index is 0.130. The van der Waals surface area contributed by atoms with E-state index in [0.717, 1.165) is 24.1 Å². The third kappa shape index (κ3) is 3.34. The number of amides is 1. The lowest BCUT2D eigenvalue weighted by molar-refractivity contribution is -0.114. The lowest BCUT2D eigenvalue weighted by atomic mass is 10.1. The Hall–Kier alpha value is -1.42. The number of hydrogen-bond donors (Lipinski definition) is 0. The normalized spacial score (nSPS) is 15.8. The molecule has 3 rings (SSSR count). The number of hydrogen-bond acceptors (Lipinski definition) is 3. The van der Waals surface area contributed by atoms with Gasteiger partial charge in [-0.2, -0.15) is 10.1 Å². The fraction of sp³-hybridized carbons (Fsp3) is 0.111. The summed E-state index contributed by atoms with van der Waals surface area (Å²) in [5.41, 5.74) is 2.91. The standard InChI is InChI=1S/C18H14I2N2O2/c1-11-15(9-12-8-13(19)10-16(20)17(12)24-2)18(23)22(21-11)14-6-4-3-5-7-14/h3-10H,1-2H3. The SMILES string of the molecule is COc1c(I)cc(I)cc1C=C1C(=O)N(c2ccccc2)N=C1C. The van der Waals surface area contributed by atoms with Gasteiger partial charge in [0.15, 0.2) is 0 Å². The number of para-hydroxylation sites is 1. The van der Waals surface area contributed by atoms with E-state index in [0.29, 0.717) is 11.3 Å². The summed E-state index contributed by atoms with van der Waals surface area (Å²) in [5, 5.41) is 5.84. The van der Waals surface area contributed by atoms with E-state index in [1.165, 1.54) is 5.01 Å². The lowest BCUT2D eigenvalue weighted by Crippen LogP contribution is -2.21. The van der Waals surface area contributed by atoms with E-state index in [9.17, 15) is 4.79 Å². The van der Waals surface area contributed by atoms with Crippen LogP contribution in [0.2, 0.25) is 0 Å². The third-order valence-electron chi connectivity index (χ3n) is 3.60. The number of ether oxygens (including phenoxy) is 1. The molecule has 1 aliphatic heterocycles. The molecular weight excluding hydrogens is 530 g/mol. The van der Waals surface area contributed by atoms with Gasteiger partial charge >= 0.3 is 0 Å². The summed E-state index contributed by atoms with van der Waals surface area (Å²) in [7, 11) is 1.64. The van der Waals surface area contributed by atoms with Gasteiger partial charge in [0.1, 0.15) is 5.75 Å². The summed E-state index contributed by atoms with van der Waals surface area (Å²) in [5.74, 6) is 0.636. The molecule has 0 aromatic heterocycles. The molecule has 0 spiro atoms. The molecule has 0 aliphatic carbocycles. The van der Waals surface area contributed by atoms with Gasteiger partial charge in [0.05, 0.1) is 27.7 Å². The molecule has 1 amide bonds.